The summed E-state index contributed by atoms with van der Waals surface area (Å²) in [6.07, 6.45) is 3.96. The van der Waals surface area contributed by atoms with E-state index in [-0.39, 0.29) is 5.38 Å². The van der Waals surface area contributed by atoms with Crippen LogP contribution in [0, 0.1) is 0 Å². The van der Waals surface area contributed by atoms with Crippen molar-refractivity contribution in [2.75, 3.05) is 11.9 Å². The maximum absolute atomic E-state index is 6.19. The Hall–Kier alpha value is -1.28. The van der Waals surface area contributed by atoms with Crippen LogP contribution in [0.4, 0.5) is 5.82 Å². The van der Waals surface area contributed by atoms with Gasteiger partial charge in [-0.1, -0.05) is 37.6 Å². The van der Waals surface area contributed by atoms with Crippen molar-refractivity contribution in [3.05, 3.63) is 36.5 Å². The molecule has 1 aromatic carbocycles. The summed E-state index contributed by atoms with van der Waals surface area (Å²) in [6, 6.07) is 10.2. The zero-order valence-electron chi connectivity index (χ0n) is 9.99. The quantitative estimate of drug-likeness (QED) is 0.808. The Labute approximate surface area is 107 Å². The van der Waals surface area contributed by atoms with Gasteiger partial charge in [-0.15, -0.1) is 11.6 Å². The molecule has 3 heteroatoms. The van der Waals surface area contributed by atoms with Gasteiger partial charge in [0.25, 0.3) is 0 Å². The maximum Gasteiger partial charge on any atom is 0.133 e. The maximum atomic E-state index is 6.19. The van der Waals surface area contributed by atoms with Crippen molar-refractivity contribution in [1.82, 2.24) is 4.98 Å². The monoisotopic (exact) mass is 248 g/mol. The van der Waals surface area contributed by atoms with Crippen LogP contribution in [0.2, 0.25) is 0 Å². The van der Waals surface area contributed by atoms with Crippen molar-refractivity contribution in [1.29, 1.82) is 0 Å². The summed E-state index contributed by atoms with van der Waals surface area (Å²) in [7, 11) is 0. The number of hydrogen-bond acceptors (Lipinski definition) is 2. The van der Waals surface area contributed by atoms with Gasteiger partial charge in [0.1, 0.15) is 5.82 Å². The second-order valence-corrected chi connectivity index (χ2v) is 4.76. The van der Waals surface area contributed by atoms with Gasteiger partial charge in [-0.05, 0) is 17.9 Å². The summed E-state index contributed by atoms with van der Waals surface area (Å²) in [5.41, 5.74) is 0. The normalized spacial score (nSPS) is 12.6. The van der Waals surface area contributed by atoms with Crippen molar-refractivity contribution < 1.29 is 0 Å². The first-order valence-corrected chi connectivity index (χ1v) is 6.46. The van der Waals surface area contributed by atoms with Gasteiger partial charge in [0.05, 0.1) is 5.38 Å². The molecular formula is C14H17ClN2. The molecule has 1 aromatic heterocycles. The molecule has 0 aliphatic carbocycles. The Bertz CT molecular complexity index is 479. The molecule has 1 N–H and O–H groups in total. The van der Waals surface area contributed by atoms with E-state index in [2.05, 4.69) is 29.4 Å². The molecule has 0 fully saturated rings. The standard InChI is InChI=1S/C14H17ClN2/c1-2-5-12(15)10-17-14-13-7-4-3-6-11(13)8-9-16-14/h3-4,6-9,12H,2,5,10H2,1H3,(H,16,17). The smallest absolute Gasteiger partial charge is 0.133 e. The molecular weight excluding hydrogens is 232 g/mol. The summed E-state index contributed by atoms with van der Waals surface area (Å²) in [5, 5.41) is 5.85. The van der Waals surface area contributed by atoms with Crippen LogP contribution in [0.15, 0.2) is 36.5 Å². The van der Waals surface area contributed by atoms with Crippen LogP contribution >= 0.6 is 11.6 Å². The van der Waals surface area contributed by atoms with Gasteiger partial charge in [-0.25, -0.2) is 4.98 Å². The summed E-state index contributed by atoms with van der Waals surface area (Å²) >= 11 is 6.19. The fourth-order valence-corrected chi connectivity index (χ4v) is 2.18. The number of benzene rings is 1. The van der Waals surface area contributed by atoms with Crippen LogP contribution in [0.5, 0.6) is 0 Å². The molecule has 2 nitrogen and oxygen atoms in total. The molecule has 1 heterocycles. The molecule has 90 valence electrons. The number of rotatable bonds is 5. The van der Waals surface area contributed by atoms with E-state index in [4.69, 9.17) is 11.6 Å². The van der Waals surface area contributed by atoms with Gasteiger partial charge in [0.15, 0.2) is 0 Å². The van der Waals surface area contributed by atoms with Gasteiger partial charge in [0.2, 0.25) is 0 Å². The van der Waals surface area contributed by atoms with Gasteiger partial charge < -0.3 is 5.32 Å². The Kier molecular flexibility index (Phi) is 4.21. The van der Waals surface area contributed by atoms with Crippen LogP contribution in [-0.4, -0.2) is 16.9 Å². The minimum Gasteiger partial charge on any atom is -0.368 e. The van der Waals surface area contributed by atoms with E-state index in [9.17, 15) is 0 Å². The van der Waals surface area contributed by atoms with Crippen LogP contribution < -0.4 is 5.32 Å². The van der Waals surface area contributed by atoms with Crippen molar-refractivity contribution in [2.45, 2.75) is 25.1 Å². The third-order valence-corrected chi connectivity index (χ3v) is 3.14. The molecule has 1 atom stereocenters. The molecule has 0 aliphatic heterocycles. The predicted molar refractivity (Wildman–Crippen MR) is 74.8 cm³/mol. The molecule has 0 bridgehead atoms. The van der Waals surface area contributed by atoms with E-state index < -0.39 is 0 Å². The van der Waals surface area contributed by atoms with E-state index in [0.29, 0.717) is 0 Å². The minimum atomic E-state index is 0.167. The molecule has 0 spiro atoms. The minimum absolute atomic E-state index is 0.167. The van der Waals surface area contributed by atoms with E-state index in [0.717, 1.165) is 30.6 Å². The highest BCUT2D eigenvalue weighted by Crippen LogP contribution is 2.20. The summed E-state index contributed by atoms with van der Waals surface area (Å²) in [5.74, 6) is 0.921. The Balaban J connectivity index is 2.13. The van der Waals surface area contributed by atoms with Crippen molar-refractivity contribution in [3.8, 4) is 0 Å². The third-order valence-electron chi connectivity index (χ3n) is 2.77. The molecule has 0 aliphatic rings. The number of aromatic nitrogens is 1. The van der Waals surface area contributed by atoms with Crippen LogP contribution in [-0.2, 0) is 0 Å². The van der Waals surface area contributed by atoms with Gasteiger partial charge in [-0.2, -0.15) is 0 Å². The number of nitrogens with one attached hydrogen (secondary N) is 1. The lowest BCUT2D eigenvalue weighted by Gasteiger charge is -2.11. The average Bonchev–Trinajstić information content (AvgIpc) is 2.36. The zero-order valence-corrected chi connectivity index (χ0v) is 10.7. The number of halogens is 1. The van der Waals surface area contributed by atoms with Gasteiger partial charge in [0, 0.05) is 18.1 Å². The highest BCUT2D eigenvalue weighted by molar-refractivity contribution is 6.20. The SMILES string of the molecule is CCCC(Cl)CNc1nccc2ccccc12. The lowest BCUT2D eigenvalue weighted by Crippen LogP contribution is -2.14. The van der Waals surface area contributed by atoms with Crippen LogP contribution in [0.25, 0.3) is 10.8 Å². The fourth-order valence-electron chi connectivity index (χ4n) is 1.88. The largest absolute Gasteiger partial charge is 0.368 e. The van der Waals surface area contributed by atoms with E-state index in [1.165, 1.54) is 5.39 Å². The lowest BCUT2D eigenvalue weighted by molar-refractivity contribution is 0.751. The molecule has 2 aromatic rings. The summed E-state index contributed by atoms with van der Waals surface area (Å²) < 4.78 is 0. The molecule has 1 unspecified atom stereocenters. The molecule has 17 heavy (non-hydrogen) atoms. The topological polar surface area (TPSA) is 24.9 Å². The molecule has 0 saturated heterocycles. The molecule has 2 rings (SSSR count). The second-order valence-electron chi connectivity index (χ2n) is 4.15. The second kappa shape index (κ2) is 5.87. The Morgan fingerprint density at radius 1 is 1.29 bits per heavy atom. The number of anilines is 1. The predicted octanol–water partition coefficient (Wildman–Crippen LogP) is 4.05. The number of nitrogens with zero attached hydrogens (tertiary/aromatic N) is 1. The average molecular weight is 249 g/mol. The summed E-state index contributed by atoms with van der Waals surface area (Å²) in [4.78, 5) is 4.37. The number of fused-ring (bicyclic) bond motifs is 1. The fraction of sp³-hybridized carbons (Fsp3) is 0.357. The first-order valence-electron chi connectivity index (χ1n) is 6.03. The van der Waals surface area contributed by atoms with Gasteiger partial charge in [-0.3, -0.25) is 0 Å². The number of alkyl halides is 1. The third kappa shape index (κ3) is 3.10. The number of hydrogen-bond donors (Lipinski definition) is 1. The van der Waals surface area contributed by atoms with Crippen molar-refractivity contribution >= 4 is 28.2 Å². The highest BCUT2D eigenvalue weighted by Gasteiger charge is 2.05. The van der Waals surface area contributed by atoms with Crippen LogP contribution in [0.1, 0.15) is 19.8 Å². The summed E-state index contributed by atoms with van der Waals surface area (Å²) in [6.45, 7) is 2.90. The van der Waals surface area contributed by atoms with Crippen molar-refractivity contribution in [3.63, 3.8) is 0 Å². The first-order chi connectivity index (χ1) is 8.31. The highest BCUT2D eigenvalue weighted by atomic mass is 35.5. The Morgan fingerprint density at radius 3 is 2.94 bits per heavy atom. The van der Waals surface area contributed by atoms with Gasteiger partial charge >= 0.3 is 0 Å². The van der Waals surface area contributed by atoms with Crippen LogP contribution in [0.3, 0.4) is 0 Å². The molecule has 0 saturated carbocycles. The Morgan fingerprint density at radius 2 is 2.12 bits per heavy atom. The number of pyridine rings is 1. The zero-order chi connectivity index (χ0) is 12.1. The van der Waals surface area contributed by atoms with Crippen molar-refractivity contribution in [2.24, 2.45) is 0 Å². The molecule has 0 radical (unpaired) electrons. The first kappa shape index (κ1) is 12.2. The lowest BCUT2D eigenvalue weighted by atomic mass is 10.1. The van der Waals surface area contributed by atoms with E-state index in [1.54, 1.807) is 0 Å². The van der Waals surface area contributed by atoms with E-state index >= 15 is 0 Å². The molecule has 0 amide bonds. The van der Waals surface area contributed by atoms with E-state index in [1.807, 2.05) is 24.4 Å².